The first-order valence-electron chi connectivity index (χ1n) is 8.05. The number of aliphatic hydroxyl groups excluding tert-OH is 1. The summed E-state index contributed by atoms with van der Waals surface area (Å²) in [5.74, 6) is 0.119. The second kappa shape index (κ2) is 4.55. The Morgan fingerprint density at radius 1 is 1.26 bits per heavy atom. The summed E-state index contributed by atoms with van der Waals surface area (Å²) in [5, 5.41) is 15.5. The summed E-state index contributed by atoms with van der Waals surface area (Å²) in [6, 6.07) is 8.59. The fourth-order valence-corrected chi connectivity index (χ4v) is 4.32. The van der Waals surface area contributed by atoms with Gasteiger partial charge in [-0.25, -0.2) is 4.98 Å². The molecule has 3 heterocycles. The monoisotopic (exact) mass is 306 g/mol. The first-order valence-corrected chi connectivity index (χ1v) is 8.05. The van der Waals surface area contributed by atoms with Gasteiger partial charge in [-0.3, -0.25) is 4.68 Å². The number of benzene rings is 1. The molecule has 23 heavy (non-hydrogen) atoms. The van der Waals surface area contributed by atoms with Gasteiger partial charge in [-0.05, 0) is 24.0 Å². The SMILES string of the molecule is Cn1cc2c(n1)[C@@H](O)[C@H](C1c3ccccc3-c3cncn31)CC2. The van der Waals surface area contributed by atoms with Crippen molar-refractivity contribution in [2.24, 2.45) is 13.0 Å². The van der Waals surface area contributed by atoms with Crippen molar-refractivity contribution >= 4 is 0 Å². The van der Waals surface area contributed by atoms with Gasteiger partial charge in [0.25, 0.3) is 0 Å². The van der Waals surface area contributed by atoms with E-state index in [2.05, 4.69) is 38.9 Å². The van der Waals surface area contributed by atoms with Gasteiger partial charge >= 0.3 is 0 Å². The van der Waals surface area contributed by atoms with Crippen LogP contribution in [0.1, 0.15) is 35.4 Å². The number of rotatable bonds is 1. The highest BCUT2D eigenvalue weighted by atomic mass is 16.3. The van der Waals surface area contributed by atoms with Crippen LogP contribution in [0.4, 0.5) is 0 Å². The molecule has 5 rings (SSSR count). The molecule has 2 aromatic heterocycles. The highest BCUT2D eigenvalue weighted by Gasteiger charge is 2.41. The van der Waals surface area contributed by atoms with Crippen molar-refractivity contribution < 1.29 is 5.11 Å². The third-order valence-corrected chi connectivity index (χ3v) is 5.30. The van der Waals surface area contributed by atoms with E-state index in [9.17, 15) is 5.11 Å². The lowest BCUT2D eigenvalue weighted by Crippen LogP contribution is -2.28. The number of aryl methyl sites for hydroxylation is 2. The van der Waals surface area contributed by atoms with Crippen LogP contribution in [0, 0.1) is 5.92 Å². The summed E-state index contributed by atoms with van der Waals surface area (Å²) in [5.41, 5.74) is 5.68. The Balaban J connectivity index is 1.63. The zero-order valence-corrected chi connectivity index (χ0v) is 12.9. The molecule has 1 aromatic carbocycles. The van der Waals surface area contributed by atoms with Crippen molar-refractivity contribution in [2.75, 3.05) is 0 Å². The lowest BCUT2D eigenvalue weighted by atomic mass is 9.78. The van der Waals surface area contributed by atoms with Crippen LogP contribution in [0.25, 0.3) is 11.3 Å². The lowest BCUT2D eigenvalue weighted by Gasteiger charge is -2.33. The molecular weight excluding hydrogens is 288 g/mol. The molecule has 116 valence electrons. The average Bonchev–Trinajstić information content (AvgIpc) is 3.22. The summed E-state index contributed by atoms with van der Waals surface area (Å²) in [6.07, 6.45) is 7.22. The quantitative estimate of drug-likeness (QED) is 0.751. The Morgan fingerprint density at radius 3 is 3.04 bits per heavy atom. The van der Waals surface area contributed by atoms with E-state index in [1.54, 1.807) is 0 Å². The molecule has 5 heteroatoms. The first kappa shape index (κ1) is 13.1. The van der Waals surface area contributed by atoms with Gasteiger partial charge in [0.2, 0.25) is 0 Å². The van der Waals surface area contributed by atoms with Crippen molar-refractivity contribution in [2.45, 2.75) is 25.0 Å². The Bertz CT molecular complexity index is 894. The molecular formula is C18H18N4O. The molecule has 1 aliphatic carbocycles. The van der Waals surface area contributed by atoms with E-state index in [1.807, 2.05) is 30.5 Å². The van der Waals surface area contributed by atoms with Crippen LogP contribution < -0.4 is 0 Å². The predicted octanol–water partition coefficient (Wildman–Crippen LogP) is 2.48. The maximum Gasteiger partial charge on any atom is 0.103 e. The fourth-order valence-electron chi connectivity index (χ4n) is 4.32. The molecule has 0 saturated carbocycles. The summed E-state index contributed by atoms with van der Waals surface area (Å²) in [6.45, 7) is 0. The topological polar surface area (TPSA) is 55.9 Å². The van der Waals surface area contributed by atoms with Crippen LogP contribution in [-0.2, 0) is 13.5 Å². The molecule has 1 aliphatic heterocycles. The summed E-state index contributed by atoms with van der Waals surface area (Å²) in [7, 11) is 1.92. The molecule has 3 aromatic rings. The van der Waals surface area contributed by atoms with Gasteiger partial charge < -0.3 is 9.67 Å². The van der Waals surface area contributed by atoms with Crippen LogP contribution in [-0.4, -0.2) is 24.4 Å². The Hall–Kier alpha value is -2.40. The van der Waals surface area contributed by atoms with E-state index >= 15 is 0 Å². The van der Waals surface area contributed by atoms with Gasteiger partial charge in [-0.15, -0.1) is 0 Å². The summed E-state index contributed by atoms with van der Waals surface area (Å²) < 4.78 is 4.02. The summed E-state index contributed by atoms with van der Waals surface area (Å²) >= 11 is 0. The minimum Gasteiger partial charge on any atom is -0.386 e. The zero-order valence-electron chi connectivity index (χ0n) is 12.9. The first-order chi connectivity index (χ1) is 11.2. The lowest BCUT2D eigenvalue weighted by molar-refractivity contribution is 0.0681. The van der Waals surface area contributed by atoms with Crippen molar-refractivity contribution in [3.05, 3.63) is 59.8 Å². The number of hydrogen-bond donors (Lipinski definition) is 1. The number of imidazole rings is 1. The highest BCUT2D eigenvalue weighted by molar-refractivity contribution is 5.69. The van der Waals surface area contributed by atoms with E-state index in [1.165, 1.54) is 16.7 Å². The molecule has 5 nitrogen and oxygen atoms in total. The van der Waals surface area contributed by atoms with Crippen LogP contribution in [0.3, 0.4) is 0 Å². The van der Waals surface area contributed by atoms with Crippen molar-refractivity contribution in [3.8, 4) is 11.3 Å². The van der Waals surface area contributed by atoms with Crippen LogP contribution in [0.15, 0.2) is 43.0 Å². The van der Waals surface area contributed by atoms with Crippen LogP contribution in [0.5, 0.6) is 0 Å². The third kappa shape index (κ3) is 1.71. The minimum absolute atomic E-state index is 0.119. The van der Waals surface area contributed by atoms with Gasteiger partial charge in [0.05, 0.1) is 30.0 Å². The largest absolute Gasteiger partial charge is 0.386 e. The van der Waals surface area contributed by atoms with Crippen LogP contribution in [0.2, 0.25) is 0 Å². The molecule has 0 fully saturated rings. The Morgan fingerprint density at radius 2 is 2.13 bits per heavy atom. The number of fused-ring (bicyclic) bond motifs is 4. The Kier molecular flexibility index (Phi) is 2.59. The van der Waals surface area contributed by atoms with E-state index < -0.39 is 6.10 Å². The number of hydrogen-bond acceptors (Lipinski definition) is 3. The predicted molar refractivity (Wildman–Crippen MR) is 85.8 cm³/mol. The third-order valence-electron chi connectivity index (χ3n) is 5.30. The zero-order chi connectivity index (χ0) is 15.6. The van der Waals surface area contributed by atoms with Gasteiger partial charge in [0.1, 0.15) is 6.10 Å². The van der Waals surface area contributed by atoms with Crippen LogP contribution >= 0.6 is 0 Å². The Labute approximate surface area is 134 Å². The average molecular weight is 306 g/mol. The maximum absolute atomic E-state index is 11.0. The van der Waals surface area contributed by atoms with E-state index in [0.717, 1.165) is 24.2 Å². The molecule has 0 saturated heterocycles. The molecule has 0 amide bonds. The normalized spacial score (nSPS) is 25.0. The van der Waals surface area contributed by atoms with Crippen molar-refractivity contribution in [1.29, 1.82) is 0 Å². The minimum atomic E-state index is -0.536. The standard InChI is InChI=1S/C18H18N4O/c1-21-9-11-6-7-14(18(23)16(11)20-21)17-13-5-3-2-4-12(13)15-8-19-10-22(15)17/h2-5,8-10,14,17-18,23H,6-7H2,1H3/t14-,17?,18-/m0/s1. The van der Waals surface area contributed by atoms with Crippen molar-refractivity contribution in [3.63, 3.8) is 0 Å². The molecule has 2 aliphatic rings. The maximum atomic E-state index is 11.0. The smallest absolute Gasteiger partial charge is 0.103 e. The number of aromatic nitrogens is 4. The summed E-state index contributed by atoms with van der Waals surface area (Å²) in [4.78, 5) is 4.32. The van der Waals surface area contributed by atoms with Gasteiger partial charge in [-0.1, -0.05) is 24.3 Å². The van der Waals surface area contributed by atoms with E-state index in [0.29, 0.717) is 0 Å². The molecule has 1 unspecified atom stereocenters. The van der Waals surface area contributed by atoms with Gasteiger partial charge in [0.15, 0.2) is 0 Å². The highest BCUT2D eigenvalue weighted by Crippen LogP contribution is 2.49. The molecule has 0 bridgehead atoms. The van der Waals surface area contributed by atoms with E-state index in [4.69, 9.17) is 0 Å². The number of nitrogens with zero attached hydrogens (tertiary/aromatic N) is 4. The van der Waals surface area contributed by atoms with Crippen molar-refractivity contribution in [1.82, 2.24) is 19.3 Å². The van der Waals surface area contributed by atoms with Gasteiger partial charge in [0, 0.05) is 24.7 Å². The molecule has 1 N–H and O–H groups in total. The molecule has 3 atom stereocenters. The fraction of sp³-hybridized carbons (Fsp3) is 0.333. The number of aliphatic hydroxyl groups is 1. The second-order valence-corrected chi connectivity index (χ2v) is 6.58. The molecule has 0 spiro atoms. The molecule has 0 radical (unpaired) electrons. The van der Waals surface area contributed by atoms with E-state index in [-0.39, 0.29) is 12.0 Å². The van der Waals surface area contributed by atoms with Gasteiger partial charge in [-0.2, -0.15) is 5.10 Å². The second-order valence-electron chi connectivity index (χ2n) is 6.58.